The van der Waals surface area contributed by atoms with E-state index in [0.29, 0.717) is 43.3 Å². The Morgan fingerprint density at radius 3 is 2.81 bits per heavy atom. The van der Waals surface area contributed by atoms with E-state index in [9.17, 15) is 13.6 Å². The van der Waals surface area contributed by atoms with Crippen molar-refractivity contribution in [1.82, 2.24) is 9.88 Å². The number of hydrogen-bond acceptors (Lipinski definition) is 4. The van der Waals surface area contributed by atoms with Crippen molar-refractivity contribution >= 4 is 5.91 Å². The fourth-order valence-electron chi connectivity index (χ4n) is 3.73. The fourth-order valence-corrected chi connectivity index (χ4v) is 3.73. The van der Waals surface area contributed by atoms with E-state index >= 15 is 0 Å². The van der Waals surface area contributed by atoms with Crippen LogP contribution in [0.4, 0.5) is 8.78 Å². The summed E-state index contributed by atoms with van der Waals surface area (Å²) >= 11 is 0. The van der Waals surface area contributed by atoms with Crippen molar-refractivity contribution in [3.8, 4) is 11.3 Å². The maximum atomic E-state index is 13.9. The van der Waals surface area contributed by atoms with Gasteiger partial charge in [0.2, 0.25) is 5.91 Å². The summed E-state index contributed by atoms with van der Waals surface area (Å²) in [4.78, 5) is 18.9. The molecule has 1 saturated heterocycles. The molecule has 4 rings (SSSR count). The summed E-state index contributed by atoms with van der Waals surface area (Å²) in [6.07, 6.45) is 3.81. The molecule has 1 atom stereocenters. The van der Waals surface area contributed by atoms with Crippen LogP contribution >= 0.6 is 0 Å². The first-order valence-electron chi connectivity index (χ1n) is 10.4. The van der Waals surface area contributed by atoms with Crippen molar-refractivity contribution in [3.63, 3.8) is 0 Å². The summed E-state index contributed by atoms with van der Waals surface area (Å²) in [5.74, 6) is -0.113. The van der Waals surface area contributed by atoms with Crippen LogP contribution in [-0.4, -0.2) is 35.0 Å². The molecule has 0 N–H and O–H groups in total. The number of hydrogen-bond donors (Lipinski definition) is 0. The zero-order valence-corrected chi connectivity index (χ0v) is 17.1. The van der Waals surface area contributed by atoms with Crippen LogP contribution in [0.3, 0.4) is 0 Å². The smallest absolute Gasteiger partial charge is 0.223 e. The number of carbonyl (C=O) groups is 1. The molecule has 2 aromatic carbocycles. The number of ether oxygens (including phenoxy) is 1. The highest BCUT2D eigenvalue weighted by atomic mass is 19.1. The summed E-state index contributed by atoms with van der Waals surface area (Å²) in [6, 6.07) is 12.6. The molecule has 31 heavy (non-hydrogen) atoms. The topological polar surface area (TPSA) is 55.6 Å². The highest BCUT2D eigenvalue weighted by molar-refractivity contribution is 5.76. The van der Waals surface area contributed by atoms with Crippen molar-refractivity contribution in [2.75, 3.05) is 13.2 Å². The first kappa shape index (κ1) is 21.2. The maximum absolute atomic E-state index is 13.9. The average molecular weight is 426 g/mol. The third-order valence-corrected chi connectivity index (χ3v) is 5.31. The normalized spacial score (nSPS) is 15.9. The lowest BCUT2D eigenvalue weighted by molar-refractivity contribution is -0.133. The zero-order valence-electron chi connectivity index (χ0n) is 17.1. The molecule has 1 aliphatic rings. The second kappa shape index (κ2) is 9.83. The van der Waals surface area contributed by atoms with E-state index in [-0.39, 0.29) is 30.1 Å². The molecule has 1 amide bonds. The average Bonchev–Trinajstić information content (AvgIpc) is 3.44. The molecule has 0 aliphatic carbocycles. The van der Waals surface area contributed by atoms with Gasteiger partial charge in [0.25, 0.3) is 0 Å². The van der Waals surface area contributed by atoms with Crippen LogP contribution in [-0.2, 0) is 22.5 Å². The van der Waals surface area contributed by atoms with Gasteiger partial charge >= 0.3 is 0 Å². The first-order chi connectivity index (χ1) is 15.1. The molecule has 2 heterocycles. The molecule has 0 radical (unpaired) electrons. The van der Waals surface area contributed by atoms with E-state index in [4.69, 9.17) is 9.15 Å². The predicted molar refractivity (Wildman–Crippen MR) is 111 cm³/mol. The monoisotopic (exact) mass is 426 g/mol. The van der Waals surface area contributed by atoms with Crippen molar-refractivity contribution in [2.24, 2.45) is 0 Å². The second-order valence-electron chi connectivity index (χ2n) is 7.64. The van der Waals surface area contributed by atoms with E-state index in [1.807, 2.05) is 0 Å². The Labute approximate surface area is 179 Å². The standard InChI is InChI=1S/C24H24F2N2O3/c25-18-6-3-5-17(13-18)15-28(16-19-7-4-12-30-19)24(29)11-10-23-27-14-22(31-23)20-8-1-2-9-21(20)26/h1-3,5-6,8-9,13-14,19H,4,7,10-12,15-16H2. The Morgan fingerprint density at radius 1 is 1.16 bits per heavy atom. The molecule has 0 saturated carbocycles. The van der Waals surface area contributed by atoms with Gasteiger partial charge in [-0.3, -0.25) is 4.79 Å². The van der Waals surface area contributed by atoms with Crippen molar-refractivity contribution in [1.29, 1.82) is 0 Å². The van der Waals surface area contributed by atoms with Crippen LogP contribution < -0.4 is 0 Å². The van der Waals surface area contributed by atoms with E-state index in [0.717, 1.165) is 18.4 Å². The highest BCUT2D eigenvalue weighted by Gasteiger charge is 2.23. The third-order valence-electron chi connectivity index (χ3n) is 5.31. The van der Waals surface area contributed by atoms with Gasteiger partial charge in [0.15, 0.2) is 11.7 Å². The van der Waals surface area contributed by atoms with Crippen LogP contribution in [0.5, 0.6) is 0 Å². The van der Waals surface area contributed by atoms with E-state index in [1.165, 1.54) is 24.4 Å². The molecular weight excluding hydrogens is 402 g/mol. The number of rotatable bonds is 8. The van der Waals surface area contributed by atoms with Crippen molar-refractivity contribution in [2.45, 2.75) is 38.3 Å². The Balaban J connectivity index is 1.41. The quantitative estimate of drug-likeness (QED) is 0.521. The van der Waals surface area contributed by atoms with Gasteiger partial charge in [-0.15, -0.1) is 0 Å². The number of amides is 1. The summed E-state index contributed by atoms with van der Waals surface area (Å²) in [6.45, 7) is 1.46. The number of aryl methyl sites for hydroxylation is 1. The third kappa shape index (κ3) is 5.55. The number of halogens is 2. The molecule has 1 fully saturated rings. The molecule has 5 nitrogen and oxygen atoms in total. The van der Waals surface area contributed by atoms with Gasteiger partial charge in [-0.1, -0.05) is 24.3 Å². The van der Waals surface area contributed by atoms with Crippen LogP contribution in [0, 0.1) is 11.6 Å². The molecule has 7 heteroatoms. The summed E-state index contributed by atoms with van der Waals surface area (Å²) in [5.41, 5.74) is 1.06. The minimum absolute atomic E-state index is 0.00749. The number of aromatic nitrogens is 1. The number of carbonyl (C=O) groups excluding carboxylic acids is 1. The molecule has 0 spiro atoms. The fraction of sp³-hybridized carbons (Fsp3) is 0.333. The maximum Gasteiger partial charge on any atom is 0.223 e. The Bertz CT molecular complexity index is 1030. The molecule has 0 bridgehead atoms. The molecule has 1 unspecified atom stereocenters. The van der Waals surface area contributed by atoms with Crippen molar-refractivity contribution in [3.05, 3.63) is 77.8 Å². The van der Waals surface area contributed by atoms with Gasteiger partial charge in [-0.25, -0.2) is 13.8 Å². The first-order valence-corrected chi connectivity index (χ1v) is 10.4. The summed E-state index contributed by atoms with van der Waals surface area (Å²) < 4.78 is 38.9. The van der Waals surface area contributed by atoms with Crippen molar-refractivity contribution < 1.29 is 22.7 Å². The van der Waals surface area contributed by atoms with Gasteiger partial charge in [0.1, 0.15) is 11.6 Å². The number of nitrogens with zero attached hydrogens (tertiary/aromatic N) is 2. The number of benzene rings is 2. The lowest BCUT2D eigenvalue weighted by Crippen LogP contribution is -2.37. The van der Waals surface area contributed by atoms with E-state index in [2.05, 4.69) is 4.98 Å². The van der Waals surface area contributed by atoms with Gasteiger partial charge in [0.05, 0.1) is 17.9 Å². The lowest BCUT2D eigenvalue weighted by atomic mass is 10.1. The lowest BCUT2D eigenvalue weighted by Gasteiger charge is -2.25. The van der Waals surface area contributed by atoms with Gasteiger partial charge < -0.3 is 14.1 Å². The van der Waals surface area contributed by atoms with Gasteiger partial charge in [-0.2, -0.15) is 0 Å². The Kier molecular flexibility index (Phi) is 6.72. The molecular formula is C24H24F2N2O3. The molecule has 162 valence electrons. The summed E-state index contributed by atoms with van der Waals surface area (Å²) in [7, 11) is 0. The highest BCUT2D eigenvalue weighted by Crippen LogP contribution is 2.24. The van der Waals surface area contributed by atoms with Crippen LogP contribution in [0.15, 0.2) is 59.1 Å². The van der Waals surface area contributed by atoms with Gasteiger partial charge in [-0.05, 0) is 42.7 Å². The Hall–Kier alpha value is -3.06. The summed E-state index contributed by atoms with van der Waals surface area (Å²) in [5, 5.41) is 0. The largest absolute Gasteiger partial charge is 0.441 e. The van der Waals surface area contributed by atoms with E-state index < -0.39 is 0 Å². The predicted octanol–water partition coefficient (Wildman–Crippen LogP) is 4.76. The minimum atomic E-state index is -0.390. The zero-order chi connectivity index (χ0) is 21.6. The second-order valence-corrected chi connectivity index (χ2v) is 7.64. The Morgan fingerprint density at radius 2 is 2.03 bits per heavy atom. The van der Waals surface area contributed by atoms with Gasteiger partial charge in [0, 0.05) is 32.5 Å². The molecule has 3 aromatic rings. The van der Waals surface area contributed by atoms with Crippen LogP contribution in [0.25, 0.3) is 11.3 Å². The van der Waals surface area contributed by atoms with E-state index in [1.54, 1.807) is 35.2 Å². The number of oxazole rings is 1. The molecule has 1 aliphatic heterocycles. The minimum Gasteiger partial charge on any atom is -0.441 e. The molecule has 1 aromatic heterocycles. The SMILES string of the molecule is O=C(CCc1ncc(-c2ccccc2F)o1)N(Cc1cccc(F)c1)CC1CCCO1. The van der Waals surface area contributed by atoms with Crippen LogP contribution in [0.1, 0.15) is 30.7 Å². The van der Waals surface area contributed by atoms with Crippen LogP contribution in [0.2, 0.25) is 0 Å².